The van der Waals surface area contributed by atoms with Crippen LogP contribution in [0, 0.1) is 5.92 Å². The molecule has 0 heterocycles. The Hall–Kier alpha value is 0.122. The van der Waals surface area contributed by atoms with Gasteiger partial charge in [-0.25, -0.2) is 4.57 Å². The van der Waals surface area contributed by atoms with E-state index in [1.807, 2.05) is 24.3 Å². The molecule has 0 amide bonds. The second kappa shape index (κ2) is 20.7. The van der Waals surface area contributed by atoms with Gasteiger partial charge in [-0.1, -0.05) is 38.1 Å². The number of carbonyl (C=O) groups excluding carboxylic acids is 1. The number of phosphoric acid groups is 1. The first-order valence-electron chi connectivity index (χ1n) is 7.41. The van der Waals surface area contributed by atoms with Gasteiger partial charge in [-0.3, -0.25) is 4.79 Å². The summed E-state index contributed by atoms with van der Waals surface area (Å²) in [5.74, 6) is -0.558. The molecular formula is C14H23CrNa2O13P. The van der Waals surface area contributed by atoms with Crippen LogP contribution in [-0.4, -0.2) is 40.2 Å². The van der Waals surface area contributed by atoms with Crippen LogP contribution >= 0.6 is 7.82 Å². The van der Waals surface area contributed by atoms with Crippen molar-refractivity contribution in [3.8, 4) is 0 Å². The fraction of sp³-hybridized carbons (Fsp3) is 0.429. The number of benzene rings is 1. The molecule has 0 saturated carbocycles. The number of hydrogen-bond donors (Lipinski definition) is 6. The third-order valence-electron chi connectivity index (χ3n) is 2.49. The fourth-order valence-corrected chi connectivity index (χ4v) is 1.56. The van der Waals surface area contributed by atoms with E-state index in [2.05, 4.69) is 13.8 Å². The summed E-state index contributed by atoms with van der Waals surface area (Å²) >= 11 is -5.25. The number of carboxylic acids is 1. The van der Waals surface area contributed by atoms with Crippen molar-refractivity contribution >= 4 is 19.9 Å². The maximum absolute atomic E-state index is 10.8. The van der Waals surface area contributed by atoms with E-state index in [0.29, 0.717) is 5.92 Å². The molecule has 0 aliphatic carbocycles. The zero-order valence-corrected chi connectivity index (χ0v) is 23.7. The van der Waals surface area contributed by atoms with Crippen LogP contribution in [0.15, 0.2) is 24.3 Å². The summed E-state index contributed by atoms with van der Waals surface area (Å²) in [6.07, 6.45) is -1.29. The molecule has 17 heteroatoms. The monoisotopic (exact) mass is 528 g/mol. The van der Waals surface area contributed by atoms with E-state index in [-0.39, 0.29) is 59.1 Å². The number of aliphatic carboxylic acids is 1. The second-order valence-electron chi connectivity index (χ2n) is 5.61. The fourth-order valence-electron chi connectivity index (χ4n) is 1.56. The molecule has 0 aromatic heterocycles. The van der Waals surface area contributed by atoms with Gasteiger partial charge in [-0.15, -0.1) is 0 Å². The molecule has 1 aromatic rings. The van der Waals surface area contributed by atoms with E-state index in [0.717, 1.165) is 12.0 Å². The summed E-state index contributed by atoms with van der Waals surface area (Å²) in [4.78, 5) is 40.7. The van der Waals surface area contributed by atoms with Gasteiger partial charge in [0.05, 0.1) is 5.92 Å². The molecule has 6 N–H and O–H groups in total. The summed E-state index contributed by atoms with van der Waals surface area (Å²) in [5, 5.41) is 25.5. The molecule has 0 radical (unpaired) electrons. The maximum atomic E-state index is 10.8. The van der Waals surface area contributed by atoms with E-state index in [1.165, 1.54) is 5.56 Å². The number of rotatable bonds is 4. The summed E-state index contributed by atoms with van der Waals surface area (Å²) in [5.41, 5.74) is 2.14. The minimum atomic E-state index is -5.25. The van der Waals surface area contributed by atoms with E-state index in [9.17, 15) is 4.79 Å². The van der Waals surface area contributed by atoms with Crippen LogP contribution in [0.4, 0.5) is 4.79 Å². The Morgan fingerprint density at radius 1 is 0.968 bits per heavy atom. The molecule has 1 atom stereocenters. The van der Waals surface area contributed by atoms with Gasteiger partial charge in [0.15, 0.2) is 0 Å². The van der Waals surface area contributed by atoms with Gasteiger partial charge in [-0.05, 0) is 36.5 Å². The molecule has 0 aliphatic rings. The third kappa shape index (κ3) is 48.7. The van der Waals surface area contributed by atoms with Gasteiger partial charge in [0.2, 0.25) is 0 Å². The van der Waals surface area contributed by atoms with Crippen LogP contribution in [0.5, 0.6) is 0 Å². The van der Waals surface area contributed by atoms with Gasteiger partial charge in [0.1, 0.15) is 0 Å². The average molecular weight is 528 g/mol. The molecule has 1 aromatic carbocycles. The third-order valence-corrected chi connectivity index (χ3v) is 2.49. The van der Waals surface area contributed by atoms with Crippen molar-refractivity contribution in [3.05, 3.63) is 35.4 Å². The SMILES string of the molecule is CC(C)Cc1ccc(C(C)C(=O)O)cc1.O=C([O-])[O-].O=P(O)(O)O.[Na+].[Na+].[O]=[Cr](=[O])([OH])[OH]. The Labute approximate surface area is 225 Å². The summed E-state index contributed by atoms with van der Waals surface area (Å²) in [7, 11) is -4.64. The van der Waals surface area contributed by atoms with Crippen molar-refractivity contribution in [3.63, 3.8) is 0 Å². The molecule has 1 unspecified atom stereocenters. The summed E-state index contributed by atoms with van der Waals surface area (Å²) < 4.78 is 40.8. The quantitative estimate of drug-likeness (QED) is 0.157. The average Bonchev–Trinajstić information content (AvgIpc) is 2.42. The number of carboxylic acid groups (broad SMARTS) is 3. The predicted octanol–water partition coefficient (Wildman–Crippen LogP) is -7.65. The molecule has 0 fully saturated rings. The van der Waals surface area contributed by atoms with Gasteiger partial charge in [-0.2, -0.15) is 0 Å². The Morgan fingerprint density at radius 2 is 1.23 bits per heavy atom. The van der Waals surface area contributed by atoms with Crippen LogP contribution in [0.2, 0.25) is 0 Å². The first-order chi connectivity index (χ1) is 12.7. The minimum absolute atomic E-state index is 0. The summed E-state index contributed by atoms with van der Waals surface area (Å²) in [6.45, 7) is 6.06. The Bertz CT molecular complexity index is 743. The van der Waals surface area contributed by atoms with E-state index in [4.69, 9.17) is 55.3 Å². The Balaban J connectivity index is -0.000000118. The Morgan fingerprint density at radius 3 is 1.42 bits per heavy atom. The van der Waals surface area contributed by atoms with Gasteiger partial charge < -0.3 is 34.8 Å². The van der Waals surface area contributed by atoms with Crippen molar-refractivity contribution in [2.75, 3.05) is 0 Å². The van der Waals surface area contributed by atoms with Crippen molar-refractivity contribution in [1.82, 2.24) is 0 Å². The van der Waals surface area contributed by atoms with Crippen molar-refractivity contribution in [2.45, 2.75) is 33.1 Å². The molecule has 170 valence electrons. The number of hydrogen-bond acceptors (Lipinski definition) is 7. The van der Waals surface area contributed by atoms with E-state index < -0.39 is 39.5 Å². The standard InChI is InChI=1S/C13H18O2.CH2O3.Cr.2Na.H3O4P.2H2O.2O/c1-9(2)8-11-4-6-12(7-5-11)10(3)13(14)15;2-1(3)4;;;;1-5(2,3)4;;;;/h4-7,9-10H,8H2,1-3H3,(H,14,15);(H2,2,3,4);;;;(H3,1,2,3,4);2*1H2;;/q;;+2;2*+1;;;;;/p-4. The molecular weight excluding hydrogens is 505 g/mol. The van der Waals surface area contributed by atoms with Gasteiger partial charge in [0.25, 0.3) is 0 Å². The first kappa shape index (κ1) is 41.4. The van der Waals surface area contributed by atoms with Crippen LogP contribution in [0.3, 0.4) is 0 Å². The van der Waals surface area contributed by atoms with E-state index in [1.54, 1.807) is 6.92 Å². The Kier molecular flexibility index (Phi) is 27.6. The van der Waals surface area contributed by atoms with Gasteiger partial charge >= 0.3 is 102 Å². The molecule has 1 rings (SSSR count). The van der Waals surface area contributed by atoms with Gasteiger partial charge in [0, 0.05) is 0 Å². The van der Waals surface area contributed by atoms with Crippen molar-refractivity contribution < 1.29 is 133 Å². The van der Waals surface area contributed by atoms with Crippen LogP contribution in [-0.2, 0) is 37.0 Å². The predicted molar refractivity (Wildman–Crippen MR) is 86.5 cm³/mol. The molecule has 0 bridgehead atoms. The zero-order chi connectivity index (χ0) is 24.0. The van der Waals surface area contributed by atoms with Crippen LogP contribution in [0.1, 0.15) is 37.8 Å². The number of carbonyl (C=O) groups is 2. The zero-order valence-electron chi connectivity index (χ0n) is 17.6. The molecule has 13 nitrogen and oxygen atoms in total. The summed E-state index contributed by atoms with van der Waals surface area (Å²) in [6, 6.07) is 7.87. The first-order valence-corrected chi connectivity index (χ1v) is 11.2. The second-order valence-corrected chi connectivity index (χ2v) is 8.04. The molecule has 0 spiro atoms. The normalized spacial score (nSPS) is 10.7. The topological polar surface area (TPSA) is 253 Å². The molecule has 31 heavy (non-hydrogen) atoms. The molecule has 0 aliphatic heterocycles. The van der Waals surface area contributed by atoms with Crippen LogP contribution < -0.4 is 69.3 Å². The van der Waals surface area contributed by atoms with E-state index >= 15 is 0 Å². The molecule has 0 saturated heterocycles. The van der Waals surface area contributed by atoms with Crippen molar-refractivity contribution in [1.29, 1.82) is 0 Å². The van der Waals surface area contributed by atoms with Crippen molar-refractivity contribution in [2.24, 2.45) is 5.92 Å². The van der Waals surface area contributed by atoms with Crippen LogP contribution in [0.25, 0.3) is 0 Å².